The van der Waals surface area contributed by atoms with Gasteiger partial charge in [-0.3, -0.25) is 4.79 Å². The van der Waals surface area contributed by atoms with Crippen LogP contribution < -0.4 is 4.72 Å². The molecule has 0 aliphatic carbocycles. The molecule has 0 unspecified atom stereocenters. The first-order valence-electron chi connectivity index (χ1n) is 4.41. The number of amides is 1. The van der Waals surface area contributed by atoms with E-state index in [0.29, 0.717) is 0 Å². The molecule has 0 rings (SSSR count). The first kappa shape index (κ1) is 14.6. The molecule has 0 saturated heterocycles. The fourth-order valence-electron chi connectivity index (χ4n) is 0.880. The highest BCUT2D eigenvalue weighted by molar-refractivity contribution is 7.87. The van der Waals surface area contributed by atoms with Crippen molar-refractivity contribution in [3.05, 3.63) is 0 Å². The van der Waals surface area contributed by atoms with E-state index in [0.717, 1.165) is 11.4 Å². The van der Waals surface area contributed by atoms with Crippen molar-refractivity contribution in [2.45, 2.75) is 13.3 Å². The smallest absolute Gasteiger partial charge is 0.421 e. The second-order valence-corrected chi connectivity index (χ2v) is 4.40. The zero-order valence-electron chi connectivity index (χ0n) is 8.97. The summed E-state index contributed by atoms with van der Waals surface area (Å²) in [7, 11) is -3.01. The van der Waals surface area contributed by atoms with E-state index in [9.17, 15) is 18.0 Å². The van der Waals surface area contributed by atoms with Crippen LogP contribution in [-0.2, 0) is 19.7 Å². The molecule has 0 aliphatic heterocycles. The van der Waals surface area contributed by atoms with Crippen LogP contribution in [0, 0.1) is 0 Å². The van der Waals surface area contributed by atoms with E-state index in [1.54, 1.807) is 4.72 Å². The lowest BCUT2D eigenvalue weighted by molar-refractivity contribution is -0.137. The average molecular weight is 254 g/mol. The number of nitrogens with one attached hydrogen (secondary N) is 1. The number of carboxylic acids is 1. The van der Waals surface area contributed by atoms with Crippen LogP contribution in [0.2, 0.25) is 0 Å². The Balaban J connectivity index is 4.55. The molecule has 2 N–H and O–H groups in total. The van der Waals surface area contributed by atoms with E-state index in [2.05, 4.69) is 4.74 Å². The predicted molar refractivity (Wildman–Crippen MR) is 54.0 cm³/mol. The second-order valence-electron chi connectivity index (χ2n) is 2.73. The average Bonchev–Trinajstić information content (AvgIpc) is 2.16. The molecule has 0 atom stereocenters. The number of rotatable bonds is 6. The minimum Gasteiger partial charge on any atom is -0.481 e. The van der Waals surface area contributed by atoms with Crippen LogP contribution in [0.15, 0.2) is 0 Å². The molecule has 0 fully saturated rings. The lowest BCUT2D eigenvalue weighted by Crippen LogP contribution is -2.44. The molecule has 1 amide bonds. The van der Waals surface area contributed by atoms with Gasteiger partial charge in [-0.15, -0.1) is 0 Å². The molecule has 0 radical (unpaired) electrons. The standard InChI is InChI=1S/C7H14N2O6S/c1-3-9(5-4-6(10)11)16(13,14)8-7(12)15-2/h3-5H2,1-2H3,(H,8,12)(H,10,11). The SMILES string of the molecule is CCN(CCC(=O)O)S(=O)(=O)NC(=O)OC. The molecule has 9 heteroatoms. The fraction of sp³-hybridized carbons (Fsp3) is 0.714. The monoisotopic (exact) mass is 254 g/mol. The Morgan fingerprint density at radius 2 is 2.00 bits per heavy atom. The van der Waals surface area contributed by atoms with Gasteiger partial charge in [-0.2, -0.15) is 12.7 Å². The highest BCUT2D eigenvalue weighted by atomic mass is 32.2. The van der Waals surface area contributed by atoms with Gasteiger partial charge in [-0.1, -0.05) is 6.92 Å². The maximum Gasteiger partial charge on any atom is 0.421 e. The van der Waals surface area contributed by atoms with Crippen LogP contribution in [0.3, 0.4) is 0 Å². The van der Waals surface area contributed by atoms with Gasteiger partial charge in [-0.25, -0.2) is 9.52 Å². The molecule has 16 heavy (non-hydrogen) atoms. The Bertz CT molecular complexity index is 352. The maximum absolute atomic E-state index is 11.5. The summed E-state index contributed by atoms with van der Waals surface area (Å²) in [4.78, 5) is 21.0. The Hall–Kier alpha value is -1.35. The molecule has 0 aromatic carbocycles. The predicted octanol–water partition coefficient (Wildman–Crippen LogP) is -0.616. The first-order chi connectivity index (χ1) is 7.33. The Morgan fingerprint density at radius 1 is 1.44 bits per heavy atom. The van der Waals surface area contributed by atoms with Crippen molar-refractivity contribution >= 4 is 22.3 Å². The van der Waals surface area contributed by atoms with Crippen molar-refractivity contribution in [3.8, 4) is 0 Å². The number of nitrogens with zero attached hydrogens (tertiary/aromatic N) is 1. The highest BCUT2D eigenvalue weighted by Crippen LogP contribution is 1.99. The summed E-state index contributed by atoms with van der Waals surface area (Å²) >= 11 is 0. The fourth-order valence-corrected chi connectivity index (χ4v) is 1.97. The van der Waals surface area contributed by atoms with E-state index in [-0.39, 0.29) is 19.5 Å². The van der Waals surface area contributed by atoms with E-state index in [4.69, 9.17) is 5.11 Å². The Morgan fingerprint density at radius 3 is 2.38 bits per heavy atom. The lowest BCUT2D eigenvalue weighted by atomic mass is 10.4. The van der Waals surface area contributed by atoms with Gasteiger partial charge < -0.3 is 9.84 Å². The van der Waals surface area contributed by atoms with Gasteiger partial charge in [0, 0.05) is 13.1 Å². The summed E-state index contributed by atoms with van der Waals surface area (Å²) in [5, 5.41) is 8.42. The minimum atomic E-state index is -4.03. The summed E-state index contributed by atoms with van der Waals surface area (Å²) in [6.07, 6.45) is -1.45. The lowest BCUT2D eigenvalue weighted by Gasteiger charge is -2.18. The third-order valence-corrected chi connectivity index (χ3v) is 3.21. The highest BCUT2D eigenvalue weighted by Gasteiger charge is 2.23. The van der Waals surface area contributed by atoms with Gasteiger partial charge in [0.15, 0.2) is 0 Å². The van der Waals surface area contributed by atoms with Crippen LogP contribution in [0.5, 0.6) is 0 Å². The molecular weight excluding hydrogens is 240 g/mol. The van der Waals surface area contributed by atoms with Crippen LogP contribution in [0.1, 0.15) is 13.3 Å². The topological polar surface area (TPSA) is 113 Å². The summed E-state index contributed by atoms with van der Waals surface area (Å²) in [5.74, 6) is -1.12. The number of hydrogen-bond donors (Lipinski definition) is 2. The van der Waals surface area contributed by atoms with Crippen molar-refractivity contribution in [1.82, 2.24) is 9.03 Å². The third kappa shape index (κ3) is 4.94. The molecule has 0 spiro atoms. The molecule has 0 bridgehead atoms. The summed E-state index contributed by atoms with van der Waals surface area (Å²) in [6, 6.07) is 0. The van der Waals surface area contributed by atoms with Crippen molar-refractivity contribution in [2.24, 2.45) is 0 Å². The van der Waals surface area contributed by atoms with Gasteiger partial charge in [0.2, 0.25) is 0 Å². The molecule has 94 valence electrons. The molecule has 0 heterocycles. The van der Waals surface area contributed by atoms with Gasteiger partial charge >= 0.3 is 22.3 Å². The summed E-state index contributed by atoms with van der Waals surface area (Å²) in [6.45, 7) is 1.37. The zero-order valence-corrected chi connectivity index (χ0v) is 9.78. The normalized spacial score (nSPS) is 11.2. The van der Waals surface area contributed by atoms with Gasteiger partial charge in [0.25, 0.3) is 0 Å². The van der Waals surface area contributed by atoms with Crippen molar-refractivity contribution in [1.29, 1.82) is 0 Å². The second kappa shape index (κ2) is 6.28. The van der Waals surface area contributed by atoms with Crippen molar-refractivity contribution < 1.29 is 27.9 Å². The van der Waals surface area contributed by atoms with Gasteiger partial charge in [-0.05, 0) is 0 Å². The zero-order chi connectivity index (χ0) is 12.8. The number of hydrogen-bond acceptors (Lipinski definition) is 5. The van der Waals surface area contributed by atoms with Crippen LogP contribution in [0.4, 0.5) is 4.79 Å². The van der Waals surface area contributed by atoms with Crippen LogP contribution in [-0.4, -0.2) is 50.1 Å². The number of ether oxygens (including phenoxy) is 1. The summed E-state index contributed by atoms with van der Waals surface area (Å²) < 4.78 is 29.5. The van der Waals surface area contributed by atoms with Gasteiger partial charge in [0.05, 0.1) is 13.5 Å². The molecular formula is C7H14N2O6S. The van der Waals surface area contributed by atoms with Crippen molar-refractivity contribution in [3.63, 3.8) is 0 Å². The van der Waals surface area contributed by atoms with E-state index >= 15 is 0 Å². The molecule has 8 nitrogen and oxygen atoms in total. The van der Waals surface area contributed by atoms with Gasteiger partial charge in [0.1, 0.15) is 0 Å². The van der Waals surface area contributed by atoms with Crippen LogP contribution in [0.25, 0.3) is 0 Å². The maximum atomic E-state index is 11.5. The minimum absolute atomic E-state index is 0.0552. The number of carbonyl (C=O) groups is 2. The Kier molecular flexibility index (Phi) is 5.75. The van der Waals surface area contributed by atoms with Crippen LogP contribution >= 0.6 is 0 Å². The third-order valence-electron chi connectivity index (χ3n) is 1.67. The van der Waals surface area contributed by atoms with E-state index in [1.165, 1.54) is 6.92 Å². The molecule has 0 saturated carbocycles. The number of carboxylic acid groups (broad SMARTS) is 1. The molecule has 0 aromatic rings. The Labute approximate surface area is 93.4 Å². The molecule has 0 aromatic heterocycles. The summed E-state index contributed by atoms with van der Waals surface area (Å²) in [5.41, 5.74) is 0. The quantitative estimate of drug-likeness (QED) is 0.653. The number of methoxy groups -OCH3 is 1. The van der Waals surface area contributed by atoms with E-state index < -0.39 is 22.3 Å². The largest absolute Gasteiger partial charge is 0.481 e. The number of carbonyl (C=O) groups excluding carboxylic acids is 1. The van der Waals surface area contributed by atoms with E-state index in [1.807, 2.05) is 0 Å². The first-order valence-corrected chi connectivity index (χ1v) is 5.85. The number of aliphatic carboxylic acids is 1. The van der Waals surface area contributed by atoms with Crippen molar-refractivity contribution in [2.75, 3.05) is 20.2 Å². The molecule has 0 aliphatic rings.